The van der Waals surface area contributed by atoms with Crippen molar-refractivity contribution >= 4 is 46.2 Å². The molecule has 2 aromatic rings. The van der Waals surface area contributed by atoms with Crippen molar-refractivity contribution in [1.29, 1.82) is 0 Å². The Morgan fingerprint density at radius 1 is 1.23 bits per heavy atom. The summed E-state index contributed by atoms with van der Waals surface area (Å²) in [4.78, 5) is 56.7. The molecule has 1 saturated heterocycles. The van der Waals surface area contributed by atoms with E-state index in [1.54, 1.807) is 28.1 Å². The van der Waals surface area contributed by atoms with Crippen LogP contribution in [0.5, 0.6) is 0 Å². The molecule has 1 aromatic carbocycles. The minimum Gasteiger partial charge on any atom is -0.345 e. The molecule has 0 spiro atoms. The fourth-order valence-corrected chi connectivity index (χ4v) is 6.01. The van der Waals surface area contributed by atoms with Gasteiger partial charge < -0.3 is 20.9 Å². The van der Waals surface area contributed by atoms with Crippen molar-refractivity contribution in [2.45, 2.75) is 84.3 Å². The maximum atomic E-state index is 14.0. The van der Waals surface area contributed by atoms with Gasteiger partial charge in [-0.05, 0) is 72.5 Å². The number of nitrogens with zero attached hydrogens (tertiary/aromatic N) is 2. The second-order valence-electron chi connectivity index (χ2n) is 11.5. The lowest BCUT2D eigenvalue weighted by Gasteiger charge is -2.37. The number of hydrogen-bond acceptors (Lipinski definition) is 6. The SMILES string of the molecule is CC[C@@](C)(N)C(=O)N[C@H](CC(C)C)C(=O)CC1Cc2cccc(N3CCCC3=O)c2N(Cc2ccsc2)C1=O. The average Bonchev–Trinajstić information content (AvgIpc) is 3.56. The molecular formula is C30H40N4O4S. The van der Waals surface area contributed by atoms with Crippen LogP contribution in [-0.2, 0) is 32.1 Å². The van der Waals surface area contributed by atoms with Crippen LogP contribution in [0, 0.1) is 11.8 Å². The minimum absolute atomic E-state index is 0.0242. The Labute approximate surface area is 234 Å². The first-order valence-corrected chi connectivity index (χ1v) is 14.8. The number of benzene rings is 1. The minimum atomic E-state index is -1.07. The molecule has 210 valence electrons. The summed E-state index contributed by atoms with van der Waals surface area (Å²) in [5.74, 6) is -0.975. The fraction of sp³-hybridized carbons (Fsp3) is 0.533. The lowest BCUT2D eigenvalue weighted by Crippen LogP contribution is -2.56. The van der Waals surface area contributed by atoms with Crippen LogP contribution in [0.25, 0.3) is 0 Å². The molecule has 3 N–H and O–H groups in total. The van der Waals surface area contributed by atoms with Gasteiger partial charge in [-0.25, -0.2) is 0 Å². The Balaban J connectivity index is 1.63. The molecule has 1 fully saturated rings. The number of carbonyl (C=O) groups excluding carboxylic acids is 4. The zero-order valence-electron chi connectivity index (χ0n) is 23.4. The van der Waals surface area contributed by atoms with Crippen molar-refractivity contribution in [3.05, 3.63) is 46.2 Å². The van der Waals surface area contributed by atoms with Gasteiger partial charge in [0.2, 0.25) is 17.7 Å². The Morgan fingerprint density at radius 3 is 2.62 bits per heavy atom. The van der Waals surface area contributed by atoms with Gasteiger partial charge in [0, 0.05) is 25.3 Å². The third-order valence-electron chi connectivity index (χ3n) is 7.84. The highest BCUT2D eigenvalue weighted by Crippen LogP contribution is 2.42. The summed E-state index contributed by atoms with van der Waals surface area (Å²) in [5, 5.41) is 6.87. The highest BCUT2D eigenvalue weighted by atomic mass is 32.1. The first-order chi connectivity index (χ1) is 18.5. The maximum absolute atomic E-state index is 14.0. The molecule has 2 aliphatic rings. The van der Waals surface area contributed by atoms with E-state index in [1.165, 1.54) is 0 Å². The topological polar surface area (TPSA) is 113 Å². The van der Waals surface area contributed by atoms with E-state index in [9.17, 15) is 19.2 Å². The number of nitrogens with two attached hydrogens (primary N) is 1. The highest BCUT2D eigenvalue weighted by molar-refractivity contribution is 7.07. The molecule has 3 amide bonds. The molecule has 2 aliphatic heterocycles. The van der Waals surface area contributed by atoms with Crippen LogP contribution < -0.4 is 20.9 Å². The molecule has 3 atom stereocenters. The van der Waals surface area contributed by atoms with Crippen LogP contribution in [0.3, 0.4) is 0 Å². The number of para-hydroxylation sites is 1. The second-order valence-corrected chi connectivity index (χ2v) is 12.3. The van der Waals surface area contributed by atoms with Crippen molar-refractivity contribution in [2.24, 2.45) is 17.6 Å². The van der Waals surface area contributed by atoms with E-state index in [0.29, 0.717) is 38.8 Å². The van der Waals surface area contributed by atoms with Gasteiger partial charge in [-0.2, -0.15) is 11.3 Å². The summed E-state index contributed by atoms with van der Waals surface area (Å²) < 4.78 is 0. The van der Waals surface area contributed by atoms with Crippen LogP contribution >= 0.6 is 11.3 Å². The summed E-state index contributed by atoms with van der Waals surface area (Å²) in [6.07, 6.45) is 2.64. The first kappa shape index (κ1) is 29.0. The number of nitrogens with one attached hydrogen (secondary N) is 1. The maximum Gasteiger partial charge on any atom is 0.240 e. The van der Waals surface area contributed by atoms with Crippen LogP contribution in [0.1, 0.15) is 70.9 Å². The highest BCUT2D eigenvalue weighted by Gasteiger charge is 2.39. The van der Waals surface area contributed by atoms with Crippen LogP contribution in [0.4, 0.5) is 11.4 Å². The van der Waals surface area contributed by atoms with E-state index in [2.05, 4.69) is 5.32 Å². The second kappa shape index (κ2) is 12.0. The zero-order chi connectivity index (χ0) is 28.3. The van der Waals surface area contributed by atoms with Crippen LogP contribution in [0.2, 0.25) is 0 Å². The number of anilines is 2. The van der Waals surface area contributed by atoms with E-state index in [4.69, 9.17) is 5.73 Å². The summed E-state index contributed by atoms with van der Waals surface area (Å²) in [6.45, 7) is 8.49. The Hall–Kier alpha value is -3.04. The summed E-state index contributed by atoms with van der Waals surface area (Å²) in [5.41, 5.74) is 8.55. The molecule has 4 rings (SSSR count). The molecule has 0 saturated carbocycles. The van der Waals surface area contributed by atoms with E-state index in [-0.39, 0.29) is 35.8 Å². The van der Waals surface area contributed by atoms with Crippen molar-refractivity contribution in [3.63, 3.8) is 0 Å². The molecule has 3 heterocycles. The largest absolute Gasteiger partial charge is 0.345 e. The lowest BCUT2D eigenvalue weighted by atomic mass is 9.84. The van der Waals surface area contributed by atoms with Crippen molar-refractivity contribution in [1.82, 2.24) is 5.32 Å². The van der Waals surface area contributed by atoms with Crippen molar-refractivity contribution < 1.29 is 19.2 Å². The van der Waals surface area contributed by atoms with Crippen LogP contribution in [-0.4, -0.2) is 41.6 Å². The Kier molecular flexibility index (Phi) is 8.91. The predicted octanol–water partition coefficient (Wildman–Crippen LogP) is 4.20. The van der Waals surface area contributed by atoms with Crippen molar-refractivity contribution in [2.75, 3.05) is 16.3 Å². The molecular weight excluding hydrogens is 512 g/mol. The van der Waals surface area contributed by atoms with E-state index in [1.807, 2.05) is 55.8 Å². The third-order valence-corrected chi connectivity index (χ3v) is 8.57. The lowest BCUT2D eigenvalue weighted by molar-refractivity contribution is -0.133. The van der Waals surface area contributed by atoms with Gasteiger partial charge in [0.05, 0.1) is 29.5 Å². The van der Waals surface area contributed by atoms with Gasteiger partial charge in [-0.15, -0.1) is 0 Å². The summed E-state index contributed by atoms with van der Waals surface area (Å²) in [6, 6.07) is 7.10. The Bertz CT molecular complexity index is 1220. The number of carbonyl (C=O) groups is 4. The van der Waals surface area contributed by atoms with Crippen LogP contribution in [0.15, 0.2) is 35.0 Å². The van der Waals surface area contributed by atoms with Gasteiger partial charge in [0.15, 0.2) is 5.78 Å². The van der Waals surface area contributed by atoms with E-state index >= 15 is 0 Å². The van der Waals surface area contributed by atoms with Gasteiger partial charge >= 0.3 is 0 Å². The molecule has 0 aliphatic carbocycles. The van der Waals surface area contributed by atoms with E-state index < -0.39 is 17.5 Å². The number of Topliss-reactive ketones (excluding diaryl/α,β-unsaturated/α-hetero) is 1. The monoisotopic (exact) mass is 552 g/mol. The number of thiophene rings is 1. The van der Waals surface area contributed by atoms with Crippen molar-refractivity contribution in [3.8, 4) is 0 Å². The van der Waals surface area contributed by atoms with Gasteiger partial charge in [-0.1, -0.05) is 32.9 Å². The van der Waals surface area contributed by atoms with Gasteiger partial charge in [0.25, 0.3) is 0 Å². The quantitative estimate of drug-likeness (QED) is 0.434. The zero-order valence-corrected chi connectivity index (χ0v) is 24.2. The molecule has 0 bridgehead atoms. The standard InChI is InChI=1S/C30H40N4O4S/c1-5-30(4,31)29(38)32-23(14-19(2)3)25(35)16-22-15-21-8-6-9-24(33-12-7-10-26(33)36)27(21)34(28(22)37)17-20-11-13-39-18-20/h6,8-9,11,13,18-19,22-23H,5,7,10,12,14-17,31H2,1-4H3,(H,32,38)/t22?,23-,30-/m1/s1. The predicted molar refractivity (Wildman–Crippen MR) is 155 cm³/mol. The fourth-order valence-electron chi connectivity index (χ4n) is 5.35. The molecule has 1 unspecified atom stereocenters. The Morgan fingerprint density at radius 2 is 2.00 bits per heavy atom. The molecule has 9 heteroatoms. The normalized spacial score (nSPS) is 19.7. The number of hydrogen-bond donors (Lipinski definition) is 2. The number of amides is 3. The van der Waals surface area contributed by atoms with Gasteiger partial charge in [0.1, 0.15) is 0 Å². The summed E-state index contributed by atoms with van der Waals surface area (Å²) in [7, 11) is 0. The molecule has 8 nitrogen and oxygen atoms in total. The summed E-state index contributed by atoms with van der Waals surface area (Å²) >= 11 is 1.56. The number of rotatable bonds is 11. The molecule has 0 radical (unpaired) electrons. The first-order valence-electron chi connectivity index (χ1n) is 13.9. The third kappa shape index (κ3) is 6.41. The molecule has 39 heavy (non-hydrogen) atoms. The average molecular weight is 553 g/mol. The number of fused-ring (bicyclic) bond motifs is 1. The number of ketones is 1. The molecule has 1 aromatic heterocycles. The van der Waals surface area contributed by atoms with E-state index in [0.717, 1.165) is 28.9 Å². The van der Waals surface area contributed by atoms with Gasteiger partial charge in [-0.3, -0.25) is 19.2 Å². The smallest absolute Gasteiger partial charge is 0.240 e.